The molecule has 7 nitrogen and oxygen atoms in total. The number of carboxylic acid groups (broad SMARTS) is 1. The fraction of sp³-hybridized carbons (Fsp3) is 0.476. The lowest BCUT2D eigenvalue weighted by Gasteiger charge is -2.25. The number of nitrogens with one attached hydrogen (secondary N) is 1. The van der Waals surface area contributed by atoms with Crippen molar-refractivity contribution in [2.45, 2.75) is 53.0 Å². The van der Waals surface area contributed by atoms with Gasteiger partial charge in [0.2, 0.25) is 0 Å². The Labute approximate surface area is 163 Å². The number of fused-ring (bicyclic) bond motifs is 1. The second kappa shape index (κ2) is 9.39. The van der Waals surface area contributed by atoms with Gasteiger partial charge in [0.05, 0.1) is 12.0 Å². The predicted molar refractivity (Wildman–Crippen MR) is 103 cm³/mol. The quantitative estimate of drug-likeness (QED) is 0.655. The van der Waals surface area contributed by atoms with Crippen molar-refractivity contribution in [3.05, 3.63) is 39.7 Å². The average molecular weight is 388 g/mol. The number of amides is 1. The first-order valence-corrected chi connectivity index (χ1v) is 9.47. The molecular weight excluding hydrogens is 362 g/mol. The van der Waals surface area contributed by atoms with Crippen LogP contribution in [0.2, 0.25) is 0 Å². The fourth-order valence-electron chi connectivity index (χ4n) is 3.07. The van der Waals surface area contributed by atoms with Crippen molar-refractivity contribution >= 4 is 22.8 Å². The lowest BCUT2D eigenvalue weighted by Crippen LogP contribution is -2.52. The molecule has 2 aromatic rings. The minimum absolute atomic E-state index is 0.261. The van der Waals surface area contributed by atoms with E-state index in [4.69, 9.17) is 9.15 Å². The summed E-state index contributed by atoms with van der Waals surface area (Å²) in [6.07, 6.45) is 2.23. The smallest absolute Gasteiger partial charge is 0.336 e. The maximum absolute atomic E-state index is 12.1. The van der Waals surface area contributed by atoms with Crippen LogP contribution in [-0.2, 0) is 16.0 Å². The normalized spacial score (nSPS) is 13.1. The molecule has 1 N–H and O–H groups in total. The Hall–Kier alpha value is -2.83. The molecule has 1 aromatic heterocycles. The third kappa shape index (κ3) is 4.91. The summed E-state index contributed by atoms with van der Waals surface area (Å²) in [5, 5.41) is 14.5. The van der Waals surface area contributed by atoms with Gasteiger partial charge in [-0.3, -0.25) is 4.79 Å². The van der Waals surface area contributed by atoms with E-state index < -0.39 is 23.5 Å². The largest absolute Gasteiger partial charge is 0.548 e. The molecule has 1 amide bonds. The van der Waals surface area contributed by atoms with E-state index in [9.17, 15) is 19.5 Å². The van der Waals surface area contributed by atoms with E-state index in [-0.39, 0.29) is 12.5 Å². The highest BCUT2D eigenvalue weighted by Crippen LogP contribution is 2.28. The highest BCUT2D eigenvalue weighted by molar-refractivity contribution is 5.86. The van der Waals surface area contributed by atoms with Gasteiger partial charge in [-0.15, -0.1) is 0 Å². The summed E-state index contributed by atoms with van der Waals surface area (Å²) in [5.74, 6) is -1.75. The van der Waals surface area contributed by atoms with Crippen LogP contribution in [0.15, 0.2) is 27.4 Å². The zero-order valence-electron chi connectivity index (χ0n) is 16.7. The van der Waals surface area contributed by atoms with Gasteiger partial charge in [0.15, 0.2) is 6.61 Å². The van der Waals surface area contributed by atoms with E-state index in [1.807, 2.05) is 13.8 Å². The van der Waals surface area contributed by atoms with Crippen LogP contribution in [0.3, 0.4) is 0 Å². The zero-order valence-corrected chi connectivity index (χ0v) is 16.7. The minimum Gasteiger partial charge on any atom is -0.548 e. The molecule has 0 spiro atoms. The third-order valence-corrected chi connectivity index (χ3v) is 4.86. The number of ether oxygens (including phenoxy) is 1. The lowest BCUT2D eigenvalue weighted by atomic mass is 9.99. The molecule has 28 heavy (non-hydrogen) atoms. The van der Waals surface area contributed by atoms with Crippen LogP contribution in [0.25, 0.3) is 11.0 Å². The van der Waals surface area contributed by atoms with Crippen LogP contribution < -0.4 is 20.8 Å². The summed E-state index contributed by atoms with van der Waals surface area (Å²) in [7, 11) is 0. The maximum atomic E-state index is 12.1. The predicted octanol–water partition coefficient (Wildman–Crippen LogP) is 1.71. The summed E-state index contributed by atoms with van der Waals surface area (Å²) in [4.78, 5) is 35.2. The van der Waals surface area contributed by atoms with Crippen LogP contribution in [0, 0.1) is 12.8 Å². The van der Waals surface area contributed by atoms with Gasteiger partial charge in [-0.25, -0.2) is 4.79 Å². The first-order valence-electron chi connectivity index (χ1n) is 9.47. The van der Waals surface area contributed by atoms with Crippen molar-refractivity contribution in [2.24, 2.45) is 5.92 Å². The Bertz CT molecular complexity index is 917. The molecule has 1 heterocycles. The molecule has 0 fully saturated rings. The molecule has 0 aliphatic rings. The van der Waals surface area contributed by atoms with Crippen molar-refractivity contribution in [1.82, 2.24) is 5.32 Å². The zero-order chi connectivity index (χ0) is 20.8. The van der Waals surface area contributed by atoms with Gasteiger partial charge >= 0.3 is 5.63 Å². The molecule has 0 unspecified atom stereocenters. The number of carbonyl (C=O) groups is 2. The molecule has 0 saturated heterocycles. The highest BCUT2D eigenvalue weighted by Gasteiger charge is 2.20. The molecule has 152 valence electrons. The number of benzene rings is 1. The molecule has 0 saturated carbocycles. The number of carbonyl (C=O) groups excluding carboxylic acids is 2. The summed E-state index contributed by atoms with van der Waals surface area (Å²) in [6, 6.07) is 3.93. The fourth-order valence-corrected chi connectivity index (χ4v) is 3.07. The summed E-state index contributed by atoms with van der Waals surface area (Å²) in [6.45, 7) is 6.98. The van der Waals surface area contributed by atoms with E-state index in [0.29, 0.717) is 23.3 Å². The van der Waals surface area contributed by atoms with Crippen molar-refractivity contribution in [3.8, 4) is 5.75 Å². The van der Waals surface area contributed by atoms with Gasteiger partial charge in [0.1, 0.15) is 11.3 Å². The molecular formula is C21H26NO6-. The average Bonchev–Trinajstić information content (AvgIpc) is 2.65. The van der Waals surface area contributed by atoms with Crippen LogP contribution in [0.1, 0.15) is 44.7 Å². The van der Waals surface area contributed by atoms with Crippen LogP contribution in [-0.4, -0.2) is 24.5 Å². The molecule has 2 atom stereocenters. The minimum atomic E-state index is -1.32. The molecule has 1 aromatic carbocycles. The van der Waals surface area contributed by atoms with E-state index in [1.54, 1.807) is 26.0 Å². The highest BCUT2D eigenvalue weighted by atomic mass is 16.5. The monoisotopic (exact) mass is 388 g/mol. The topological polar surface area (TPSA) is 109 Å². The van der Waals surface area contributed by atoms with Gasteiger partial charge in [-0.1, -0.05) is 33.6 Å². The molecule has 7 heteroatoms. The molecule has 0 radical (unpaired) electrons. The maximum Gasteiger partial charge on any atom is 0.336 e. The Kier molecular flexibility index (Phi) is 7.20. The van der Waals surface area contributed by atoms with E-state index in [0.717, 1.165) is 23.8 Å². The van der Waals surface area contributed by atoms with Crippen molar-refractivity contribution < 1.29 is 23.8 Å². The summed E-state index contributed by atoms with van der Waals surface area (Å²) < 4.78 is 10.9. The summed E-state index contributed by atoms with van der Waals surface area (Å²) in [5.41, 5.74) is 1.52. The van der Waals surface area contributed by atoms with Gasteiger partial charge in [0.25, 0.3) is 5.91 Å². The Morgan fingerprint density at radius 1 is 1.29 bits per heavy atom. The van der Waals surface area contributed by atoms with E-state index in [1.165, 1.54) is 6.07 Å². The number of aryl methyl sites for hydroxylation is 2. The van der Waals surface area contributed by atoms with Gasteiger partial charge in [0, 0.05) is 17.0 Å². The van der Waals surface area contributed by atoms with E-state index in [2.05, 4.69) is 5.32 Å². The second-order valence-corrected chi connectivity index (χ2v) is 6.94. The van der Waals surface area contributed by atoms with E-state index >= 15 is 0 Å². The molecule has 0 aliphatic carbocycles. The van der Waals surface area contributed by atoms with Gasteiger partial charge in [-0.05, 0) is 37.0 Å². The Morgan fingerprint density at radius 3 is 2.61 bits per heavy atom. The van der Waals surface area contributed by atoms with Crippen molar-refractivity contribution in [1.29, 1.82) is 0 Å². The van der Waals surface area contributed by atoms with Crippen LogP contribution in [0.4, 0.5) is 0 Å². The number of hydrogen-bond donors (Lipinski definition) is 1. The number of hydrogen-bond acceptors (Lipinski definition) is 6. The standard InChI is InChI=1S/C21H27NO6/c1-5-7-14-10-18(24)28-20-13(4)16(9-8-15(14)20)27-11-17(23)22-19(21(25)26)12(3)6-2/h8-10,12,19H,5-7,11H2,1-4H3,(H,22,23)(H,25,26)/p-1/t12-,19-/m0/s1. The Balaban J connectivity index is 2.18. The second-order valence-electron chi connectivity index (χ2n) is 6.94. The summed E-state index contributed by atoms with van der Waals surface area (Å²) >= 11 is 0. The Morgan fingerprint density at radius 2 is 2.00 bits per heavy atom. The number of carboxylic acids is 1. The van der Waals surface area contributed by atoms with Gasteiger partial charge < -0.3 is 24.4 Å². The third-order valence-electron chi connectivity index (χ3n) is 4.86. The SMILES string of the molecule is CCCc1cc(=O)oc2c(C)c(OCC(=O)N[C@H](C(=O)[O-])[C@@H](C)CC)ccc12. The molecule has 0 bridgehead atoms. The van der Waals surface area contributed by atoms with Gasteiger partial charge in [-0.2, -0.15) is 0 Å². The number of rotatable bonds is 9. The number of aliphatic carboxylic acids is 1. The van der Waals surface area contributed by atoms with Crippen molar-refractivity contribution in [3.63, 3.8) is 0 Å². The first-order chi connectivity index (χ1) is 13.3. The van der Waals surface area contributed by atoms with Crippen LogP contribution in [0.5, 0.6) is 5.75 Å². The van der Waals surface area contributed by atoms with Crippen molar-refractivity contribution in [2.75, 3.05) is 6.61 Å². The first kappa shape index (κ1) is 21.5. The molecule has 0 aliphatic heterocycles. The lowest BCUT2D eigenvalue weighted by molar-refractivity contribution is -0.309. The van der Waals surface area contributed by atoms with Crippen LogP contribution >= 0.6 is 0 Å². The molecule has 2 rings (SSSR count).